The maximum absolute atomic E-state index is 11.2. The Labute approximate surface area is 101 Å². The van der Waals surface area contributed by atoms with E-state index in [9.17, 15) is 4.79 Å². The van der Waals surface area contributed by atoms with E-state index in [-0.39, 0.29) is 19.0 Å². The van der Waals surface area contributed by atoms with E-state index in [1.165, 1.54) is 5.56 Å². The van der Waals surface area contributed by atoms with Crippen molar-refractivity contribution in [3.63, 3.8) is 0 Å². The SMILES string of the molecule is CCc1cccnc1CNCC(=O)NCC#N. The van der Waals surface area contributed by atoms with Crippen molar-refractivity contribution in [3.05, 3.63) is 29.6 Å². The third-order valence-electron chi connectivity index (χ3n) is 2.31. The van der Waals surface area contributed by atoms with Gasteiger partial charge in [-0.1, -0.05) is 13.0 Å². The van der Waals surface area contributed by atoms with E-state index in [0.717, 1.165) is 12.1 Å². The summed E-state index contributed by atoms with van der Waals surface area (Å²) in [6.45, 7) is 2.87. The third-order valence-corrected chi connectivity index (χ3v) is 2.31. The van der Waals surface area contributed by atoms with Crippen LogP contribution in [0.1, 0.15) is 18.2 Å². The van der Waals surface area contributed by atoms with Crippen molar-refractivity contribution in [2.45, 2.75) is 19.9 Å². The Morgan fingerprint density at radius 2 is 2.41 bits per heavy atom. The molecule has 2 N–H and O–H groups in total. The molecule has 5 nitrogen and oxygen atoms in total. The Kier molecular flexibility index (Phi) is 5.69. The van der Waals surface area contributed by atoms with E-state index >= 15 is 0 Å². The fourth-order valence-electron chi connectivity index (χ4n) is 1.45. The minimum absolute atomic E-state index is 0.0459. The number of nitrogens with one attached hydrogen (secondary N) is 2. The molecule has 0 aliphatic carbocycles. The molecule has 0 saturated carbocycles. The van der Waals surface area contributed by atoms with Crippen LogP contribution in [0.15, 0.2) is 18.3 Å². The molecule has 0 fully saturated rings. The molecule has 0 aliphatic heterocycles. The molecule has 0 radical (unpaired) electrons. The van der Waals surface area contributed by atoms with E-state index in [4.69, 9.17) is 5.26 Å². The second kappa shape index (κ2) is 7.36. The maximum Gasteiger partial charge on any atom is 0.234 e. The smallest absolute Gasteiger partial charge is 0.234 e. The summed E-state index contributed by atoms with van der Waals surface area (Å²) in [5.41, 5.74) is 2.14. The first-order valence-corrected chi connectivity index (χ1v) is 5.55. The molecule has 0 unspecified atom stereocenters. The Morgan fingerprint density at radius 1 is 1.59 bits per heavy atom. The number of rotatable bonds is 6. The number of nitrogens with zero attached hydrogens (tertiary/aromatic N) is 2. The summed E-state index contributed by atoms with van der Waals surface area (Å²) in [5, 5.41) is 13.8. The molecule has 0 aliphatic rings. The maximum atomic E-state index is 11.2. The summed E-state index contributed by atoms with van der Waals surface area (Å²) in [6, 6.07) is 5.79. The zero-order chi connectivity index (χ0) is 12.5. The van der Waals surface area contributed by atoms with Crippen LogP contribution in [0.4, 0.5) is 0 Å². The highest BCUT2D eigenvalue weighted by Gasteiger charge is 2.03. The summed E-state index contributed by atoms with van der Waals surface area (Å²) in [4.78, 5) is 15.5. The van der Waals surface area contributed by atoms with Gasteiger partial charge in [0.15, 0.2) is 0 Å². The Bertz CT molecular complexity index is 411. The van der Waals surface area contributed by atoms with Gasteiger partial charge in [0.1, 0.15) is 6.54 Å². The van der Waals surface area contributed by atoms with Gasteiger partial charge in [0.05, 0.1) is 18.3 Å². The monoisotopic (exact) mass is 232 g/mol. The number of aromatic nitrogens is 1. The number of hydrogen-bond donors (Lipinski definition) is 2. The Hall–Kier alpha value is -1.93. The first kappa shape index (κ1) is 13.1. The van der Waals surface area contributed by atoms with E-state index in [1.807, 2.05) is 18.2 Å². The van der Waals surface area contributed by atoms with Crippen LogP contribution in [0.2, 0.25) is 0 Å². The lowest BCUT2D eigenvalue weighted by molar-refractivity contribution is -0.120. The largest absolute Gasteiger partial charge is 0.342 e. The van der Waals surface area contributed by atoms with Crippen molar-refractivity contribution in [3.8, 4) is 6.07 Å². The standard InChI is InChI=1S/C12H16N4O/c1-2-10-4-3-6-15-11(10)8-14-9-12(17)16-7-5-13/h3-4,6,14H,2,7-9H2,1H3,(H,16,17). The summed E-state index contributed by atoms with van der Waals surface area (Å²) in [5.74, 6) is -0.180. The molecule has 0 spiro atoms. The van der Waals surface area contributed by atoms with E-state index < -0.39 is 0 Å². The van der Waals surface area contributed by atoms with Gasteiger partial charge in [0.2, 0.25) is 5.91 Å². The molecule has 1 aromatic rings. The second-order valence-electron chi connectivity index (χ2n) is 3.50. The number of aryl methyl sites for hydroxylation is 1. The van der Waals surface area contributed by atoms with Crippen LogP contribution >= 0.6 is 0 Å². The first-order valence-electron chi connectivity index (χ1n) is 5.55. The first-order chi connectivity index (χ1) is 8.27. The van der Waals surface area contributed by atoms with Crippen LogP contribution in [0.25, 0.3) is 0 Å². The fourth-order valence-corrected chi connectivity index (χ4v) is 1.45. The number of carbonyl (C=O) groups excluding carboxylic acids is 1. The van der Waals surface area contributed by atoms with Crippen molar-refractivity contribution < 1.29 is 4.79 Å². The van der Waals surface area contributed by atoms with Gasteiger partial charge in [-0.2, -0.15) is 5.26 Å². The van der Waals surface area contributed by atoms with Crippen LogP contribution < -0.4 is 10.6 Å². The highest BCUT2D eigenvalue weighted by Crippen LogP contribution is 2.05. The fraction of sp³-hybridized carbons (Fsp3) is 0.417. The number of nitriles is 1. The molecule has 0 bridgehead atoms. The molecule has 17 heavy (non-hydrogen) atoms. The lowest BCUT2D eigenvalue weighted by Crippen LogP contribution is -2.34. The minimum Gasteiger partial charge on any atom is -0.342 e. The number of amides is 1. The quantitative estimate of drug-likeness (QED) is 0.695. The van der Waals surface area contributed by atoms with Crippen molar-refractivity contribution in [1.82, 2.24) is 15.6 Å². The van der Waals surface area contributed by atoms with Crippen molar-refractivity contribution in [2.24, 2.45) is 0 Å². The normalized spacial score (nSPS) is 9.65. The van der Waals surface area contributed by atoms with Gasteiger partial charge in [0.25, 0.3) is 0 Å². The summed E-state index contributed by atoms with van der Waals surface area (Å²) < 4.78 is 0. The van der Waals surface area contributed by atoms with Gasteiger partial charge in [-0.15, -0.1) is 0 Å². The summed E-state index contributed by atoms with van der Waals surface area (Å²) in [7, 11) is 0. The molecule has 1 amide bonds. The molecule has 1 heterocycles. The lowest BCUT2D eigenvalue weighted by Gasteiger charge is -2.07. The van der Waals surface area contributed by atoms with Crippen LogP contribution in [0.5, 0.6) is 0 Å². The van der Waals surface area contributed by atoms with Gasteiger partial charge in [0, 0.05) is 12.7 Å². The van der Waals surface area contributed by atoms with Gasteiger partial charge in [-0.3, -0.25) is 9.78 Å². The topological polar surface area (TPSA) is 77.8 Å². The molecular weight excluding hydrogens is 216 g/mol. The molecule has 0 saturated heterocycles. The average molecular weight is 232 g/mol. The zero-order valence-electron chi connectivity index (χ0n) is 9.86. The molecule has 0 aromatic carbocycles. The second-order valence-corrected chi connectivity index (χ2v) is 3.50. The molecule has 1 rings (SSSR count). The minimum atomic E-state index is -0.180. The highest BCUT2D eigenvalue weighted by atomic mass is 16.1. The molecule has 1 aromatic heterocycles. The van der Waals surface area contributed by atoms with Gasteiger partial charge < -0.3 is 10.6 Å². The van der Waals surface area contributed by atoms with Crippen molar-refractivity contribution in [1.29, 1.82) is 5.26 Å². The van der Waals surface area contributed by atoms with E-state index in [0.29, 0.717) is 6.54 Å². The summed E-state index contributed by atoms with van der Waals surface area (Å²) in [6.07, 6.45) is 2.66. The zero-order valence-corrected chi connectivity index (χ0v) is 9.86. The Balaban J connectivity index is 2.36. The molecule has 90 valence electrons. The van der Waals surface area contributed by atoms with Gasteiger partial charge in [-0.25, -0.2) is 0 Å². The number of pyridine rings is 1. The van der Waals surface area contributed by atoms with Gasteiger partial charge in [-0.05, 0) is 18.1 Å². The average Bonchev–Trinajstić information content (AvgIpc) is 2.37. The van der Waals surface area contributed by atoms with Gasteiger partial charge >= 0.3 is 0 Å². The number of carbonyl (C=O) groups is 1. The molecule has 0 atom stereocenters. The van der Waals surface area contributed by atoms with Crippen LogP contribution in [0, 0.1) is 11.3 Å². The molecular formula is C12H16N4O. The van der Waals surface area contributed by atoms with E-state index in [2.05, 4.69) is 22.5 Å². The Morgan fingerprint density at radius 3 is 3.12 bits per heavy atom. The predicted octanol–water partition coefficient (Wildman–Crippen LogP) is 0.373. The lowest BCUT2D eigenvalue weighted by atomic mass is 10.1. The van der Waals surface area contributed by atoms with Crippen LogP contribution in [0.3, 0.4) is 0 Å². The predicted molar refractivity (Wildman–Crippen MR) is 63.9 cm³/mol. The summed E-state index contributed by atoms with van der Waals surface area (Å²) >= 11 is 0. The van der Waals surface area contributed by atoms with E-state index in [1.54, 1.807) is 6.20 Å². The molecule has 5 heteroatoms. The highest BCUT2D eigenvalue weighted by molar-refractivity contribution is 5.78. The van der Waals surface area contributed by atoms with Crippen molar-refractivity contribution >= 4 is 5.91 Å². The third kappa shape index (κ3) is 4.62. The number of hydrogen-bond acceptors (Lipinski definition) is 4. The van der Waals surface area contributed by atoms with Crippen LogP contribution in [-0.4, -0.2) is 24.0 Å². The van der Waals surface area contributed by atoms with Crippen LogP contribution in [-0.2, 0) is 17.8 Å². The van der Waals surface area contributed by atoms with Crippen molar-refractivity contribution in [2.75, 3.05) is 13.1 Å².